The largest absolute Gasteiger partial charge is 0.593 e. The maximum atomic E-state index is 12.8. The van der Waals surface area contributed by atoms with Gasteiger partial charge in [-0.1, -0.05) is 36.0 Å². The zero-order valence-corrected chi connectivity index (χ0v) is 18.9. The smallest absolute Gasteiger partial charge is 0.231 e. The molecule has 2 N–H and O–H groups in total. The molecule has 0 radical (unpaired) electrons. The molecule has 1 aliphatic heterocycles. The Morgan fingerprint density at radius 3 is 2.45 bits per heavy atom. The van der Waals surface area contributed by atoms with Gasteiger partial charge in [0.15, 0.2) is 0 Å². The highest BCUT2D eigenvalue weighted by molar-refractivity contribution is 7.90. The third-order valence-electron chi connectivity index (χ3n) is 5.79. The average molecular weight is 416 g/mol. The summed E-state index contributed by atoms with van der Waals surface area (Å²) in [5.41, 5.74) is 4.25. The van der Waals surface area contributed by atoms with Crippen LogP contribution in [0.2, 0.25) is 0 Å². The van der Waals surface area contributed by atoms with E-state index in [1.807, 2.05) is 39.0 Å². The quantitative estimate of drug-likeness (QED) is 0.533. The first kappa shape index (κ1) is 21.9. The first-order chi connectivity index (χ1) is 13.7. The molecule has 3 aliphatic rings. The van der Waals surface area contributed by atoms with Crippen LogP contribution >= 0.6 is 0 Å². The van der Waals surface area contributed by atoms with Gasteiger partial charge in [-0.15, -0.1) is 0 Å². The molecule has 0 bridgehead atoms. The van der Waals surface area contributed by atoms with Crippen molar-refractivity contribution in [1.29, 1.82) is 0 Å². The predicted octanol–water partition coefficient (Wildman–Crippen LogP) is 3.48. The number of rotatable bonds is 5. The molecule has 2 aliphatic carbocycles. The molecule has 0 spiro atoms. The molecule has 5 nitrogen and oxygen atoms in total. The fraction of sp³-hybridized carbons (Fsp3) is 0.522. The molecule has 1 heterocycles. The minimum atomic E-state index is -1.17. The second kappa shape index (κ2) is 8.94. The van der Waals surface area contributed by atoms with Gasteiger partial charge in [-0.05, 0) is 59.1 Å². The average Bonchev–Trinajstić information content (AvgIpc) is 3.20. The van der Waals surface area contributed by atoms with Crippen molar-refractivity contribution in [2.24, 2.45) is 5.92 Å². The molecule has 1 amide bonds. The van der Waals surface area contributed by atoms with Gasteiger partial charge in [0.25, 0.3) is 0 Å². The van der Waals surface area contributed by atoms with Crippen molar-refractivity contribution in [2.75, 3.05) is 13.1 Å². The molecule has 3 atom stereocenters. The van der Waals surface area contributed by atoms with Crippen molar-refractivity contribution >= 4 is 17.3 Å². The van der Waals surface area contributed by atoms with Crippen molar-refractivity contribution in [3.63, 3.8) is 0 Å². The van der Waals surface area contributed by atoms with E-state index in [9.17, 15) is 9.35 Å². The summed E-state index contributed by atoms with van der Waals surface area (Å²) in [5.74, 6) is -0.202. The molecule has 3 rings (SSSR count). The fourth-order valence-electron chi connectivity index (χ4n) is 3.71. The third-order valence-corrected chi connectivity index (χ3v) is 7.32. The Balaban J connectivity index is 1.56. The van der Waals surface area contributed by atoms with E-state index < -0.39 is 11.4 Å². The topological polar surface area (TPSA) is 67.4 Å². The Bertz CT molecular complexity index is 793. The summed E-state index contributed by atoms with van der Waals surface area (Å²) in [6.45, 7) is 12.1. The lowest BCUT2D eigenvalue weighted by Gasteiger charge is -2.33. The monoisotopic (exact) mass is 415 g/mol. The molecule has 6 heteroatoms. The van der Waals surface area contributed by atoms with Gasteiger partial charge in [-0.25, -0.2) is 4.72 Å². The van der Waals surface area contributed by atoms with Crippen LogP contribution in [0.3, 0.4) is 0 Å². The maximum Gasteiger partial charge on any atom is 0.231 e. The van der Waals surface area contributed by atoms with E-state index in [2.05, 4.69) is 47.0 Å². The zero-order chi connectivity index (χ0) is 21.2. The summed E-state index contributed by atoms with van der Waals surface area (Å²) in [4.78, 5) is 15.2. The minimum absolute atomic E-state index is 0.00758. The molecule has 0 saturated carbocycles. The maximum absolute atomic E-state index is 12.8. The van der Waals surface area contributed by atoms with Gasteiger partial charge in [-0.2, -0.15) is 0 Å². The molecule has 2 unspecified atom stereocenters. The highest BCUT2D eigenvalue weighted by Crippen LogP contribution is 2.29. The lowest BCUT2D eigenvalue weighted by Crippen LogP contribution is -2.39. The molecule has 0 aromatic heterocycles. The highest BCUT2D eigenvalue weighted by Gasteiger charge is 2.29. The number of allylic oxidation sites excluding steroid dienone is 3. The fourth-order valence-corrected chi connectivity index (χ4v) is 4.39. The summed E-state index contributed by atoms with van der Waals surface area (Å²) in [5, 5.41) is 3.13. The van der Waals surface area contributed by atoms with E-state index in [1.54, 1.807) is 0 Å². The minimum Gasteiger partial charge on any atom is -0.593 e. The second-order valence-corrected chi connectivity index (χ2v) is 10.9. The molecule has 29 heavy (non-hydrogen) atoms. The Labute approximate surface area is 178 Å². The van der Waals surface area contributed by atoms with Crippen molar-refractivity contribution in [3.8, 4) is 0 Å². The van der Waals surface area contributed by atoms with E-state index in [0.717, 1.165) is 30.9 Å². The Morgan fingerprint density at radius 2 is 1.86 bits per heavy atom. The number of hydrogen-bond donors (Lipinski definition) is 2. The van der Waals surface area contributed by atoms with E-state index in [-0.39, 0.29) is 16.6 Å². The van der Waals surface area contributed by atoms with Gasteiger partial charge in [-0.3, -0.25) is 9.69 Å². The van der Waals surface area contributed by atoms with Crippen LogP contribution in [0.1, 0.15) is 47.5 Å². The number of carbonyl (C=O) groups excluding carboxylic acids is 1. The van der Waals surface area contributed by atoms with E-state index in [0.29, 0.717) is 12.5 Å². The van der Waals surface area contributed by atoms with Crippen LogP contribution in [0.4, 0.5) is 0 Å². The standard InChI is InChI=1S/C23H33N3O2S/c1-16-17(2)21(26-14-6-7-15-26)13-12-20(16)24-22(27)18-8-10-19(11-9-18)25-29(28)23(3,4)5/h6-8,10-12,18,21,25H,9,13-15H2,1-5H3,(H,24,27)/t18?,21-,29?/m0/s1. The molecule has 0 fully saturated rings. The van der Waals surface area contributed by atoms with Gasteiger partial charge < -0.3 is 9.87 Å². The Kier molecular flexibility index (Phi) is 6.76. The second-order valence-electron chi connectivity index (χ2n) is 8.94. The number of carbonyl (C=O) groups is 1. The summed E-state index contributed by atoms with van der Waals surface area (Å²) in [6.07, 6.45) is 13.8. The van der Waals surface area contributed by atoms with Gasteiger partial charge in [0.2, 0.25) is 5.91 Å². The molecular weight excluding hydrogens is 382 g/mol. The summed E-state index contributed by atoms with van der Waals surface area (Å²) >= 11 is -1.17. The Morgan fingerprint density at radius 1 is 1.17 bits per heavy atom. The number of hydrogen-bond acceptors (Lipinski definition) is 4. The number of nitrogens with one attached hydrogen (secondary N) is 2. The lowest BCUT2D eigenvalue weighted by atomic mass is 9.90. The van der Waals surface area contributed by atoms with Gasteiger partial charge in [0, 0.05) is 24.8 Å². The van der Waals surface area contributed by atoms with E-state index in [4.69, 9.17) is 0 Å². The molecule has 0 aromatic rings. The van der Waals surface area contributed by atoms with Crippen LogP contribution in [-0.2, 0) is 16.2 Å². The van der Waals surface area contributed by atoms with Crippen molar-refractivity contribution in [2.45, 2.75) is 58.2 Å². The SMILES string of the molecule is CC1=C(C)[C@@H](N2CC=CC2)CC=C1NC(=O)C1C=CC(N[S+]([O-])C(C)(C)C)=CC1. The zero-order valence-electron chi connectivity index (χ0n) is 18.1. The van der Waals surface area contributed by atoms with Crippen LogP contribution < -0.4 is 10.0 Å². The van der Waals surface area contributed by atoms with E-state index >= 15 is 0 Å². The third kappa shape index (κ3) is 5.24. The highest BCUT2D eigenvalue weighted by atomic mass is 32.2. The first-order valence-corrected chi connectivity index (χ1v) is 11.5. The number of nitrogens with zero attached hydrogens (tertiary/aromatic N) is 1. The van der Waals surface area contributed by atoms with Crippen LogP contribution in [0, 0.1) is 5.92 Å². The van der Waals surface area contributed by atoms with E-state index in [1.165, 1.54) is 11.1 Å². The summed E-state index contributed by atoms with van der Waals surface area (Å²) < 4.78 is 14.9. The predicted molar refractivity (Wildman–Crippen MR) is 120 cm³/mol. The normalized spacial score (nSPS) is 26.3. The Hall–Kier alpha value is -1.76. The van der Waals surface area contributed by atoms with Gasteiger partial charge in [0.1, 0.15) is 4.75 Å². The van der Waals surface area contributed by atoms with Crippen LogP contribution in [-0.4, -0.2) is 39.2 Å². The van der Waals surface area contributed by atoms with Crippen molar-refractivity contribution in [3.05, 3.63) is 59.0 Å². The lowest BCUT2D eigenvalue weighted by molar-refractivity contribution is -0.122. The van der Waals surface area contributed by atoms with Crippen LogP contribution in [0.5, 0.6) is 0 Å². The summed E-state index contributed by atoms with van der Waals surface area (Å²) in [6, 6.07) is 0.417. The van der Waals surface area contributed by atoms with Gasteiger partial charge >= 0.3 is 0 Å². The van der Waals surface area contributed by atoms with Crippen molar-refractivity contribution < 1.29 is 9.35 Å². The van der Waals surface area contributed by atoms with Crippen LogP contribution in [0.25, 0.3) is 0 Å². The van der Waals surface area contributed by atoms with Crippen LogP contribution in [0.15, 0.2) is 59.0 Å². The molecule has 0 aromatic carbocycles. The molecule has 0 saturated heterocycles. The summed E-state index contributed by atoms with van der Waals surface area (Å²) in [7, 11) is 0. The number of amides is 1. The first-order valence-electron chi connectivity index (χ1n) is 10.3. The van der Waals surface area contributed by atoms with Crippen molar-refractivity contribution in [1.82, 2.24) is 14.9 Å². The molecule has 158 valence electrons. The molecular formula is C23H33N3O2S. The van der Waals surface area contributed by atoms with Gasteiger partial charge in [0.05, 0.1) is 23.0 Å².